The lowest BCUT2D eigenvalue weighted by Gasteiger charge is -2.15. The highest BCUT2D eigenvalue weighted by molar-refractivity contribution is 14.1. The van der Waals surface area contributed by atoms with E-state index in [0.29, 0.717) is 24.4 Å². The monoisotopic (exact) mass is 355 g/mol. The summed E-state index contributed by atoms with van der Waals surface area (Å²) in [6.07, 6.45) is 3.74. The fourth-order valence-corrected chi connectivity index (χ4v) is 2.71. The number of carbonyl (C=O) groups is 1. The molecule has 2 aromatic heterocycles. The molecule has 3 heterocycles. The van der Waals surface area contributed by atoms with Gasteiger partial charge in [-0.2, -0.15) is 5.10 Å². The molecule has 1 amide bonds. The van der Waals surface area contributed by atoms with Crippen LogP contribution in [0.3, 0.4) is 0 Å². The van der Waals surface area contributed by atoms with Gasteiger partial charge in [-0.3, -0.25) is 14.8 Å². The van der Waals surface area contributed by atoms with Crippen molar-refractivity contribution in [3.05, 3.63) is 22.7 Å². The number of hydrogen-bond acceptors (Lipinski definition) is 4. The third-order valence-corrected chi connectivity index (χ3v) is 3.81. The molecule has 0 aliphatic carbocycles. The van der Waals surface area contributed by atoms with Gasteiger partial charge in [0, 0.05) is 18.9 Å². The highest BCUT2D eigenvalue weighted by Crippen LogP contribution is 2.30. The number of halogens is 1. The highest BCUT2D eigenvalue weighted by atomic mass is 127. The summed E-state index contributed by atoms with van der Waals surface area (Å²) in [5.41, 5.74) is 0.583. The van der Waals surface area contributed by atoms with Gasteiger partial charge in [-0.25, -0.2) is 9.97 Å². The van der Waals surface area contributed by atoms with E-state index in [1.165, 1.54) is 6.33 Å². The van der Waals surface area contributed by atoms with Gasteiger partial charge in [0.1, 0.15) is 10.0 Å². The Morgan fingerprint density at radius 2 is 2.39 bits per heavy atom. The van der Waals surface area contributed by atoms with Crippen LogP contribution in [-0.2, 0) is 4.79 Å². The number of nitrogens with one attached hydrogen (secondary N) is 1. The number of carbonyl (C=O) groups excluding carboxylic acids is 1. The molecule has 0 spiro atoms. The Hall–Kier alpha value is -1.51. The zero-order valence-corrected chi connectivity index (χ0v) is 11.6. The summed E-state index contributed by atoms with van der Waals surface area (Å²) in [5.74, 6) is 0.886. The van der Waals surface area contributed by atoms with E-state index < -0.39 is 0 Å². The lowest BCUT2D eigenvalue weighted by atomic mass is 10.1. The van der Waals surface area contributed by atoms with Crippen LogP contribution in [0.25, 0.3) is 11.0 Å². The quantitative estimate of drug-likeness (QED) is 0.655. The molecule has 92 valence electrons. The zero-order chi connectivity index (χ0) is 12.7. The number of hydrogen-bond donors (Lipinski definition) is 1. The van der Waals surface area contributed by atoms with Gasteiger partial charge in [0.15, 0.2) is 11.5 Å². The van der Waals surface area contributed by atoms with Crippen LogP contribution in [0.5, 0.6) is 0 Å². The van der Waals surface area contributed by atoms with Gasteiger partial charge < -0.3 is 0 Å². The number of rotatable bonds is 2. The average molecular weight is 355 g/mol. The number of amides is 1. The third-order valence-electron chi connectivity index (χ3n) is 3.03. The lowest BCUT2D eigenvalue weighted by Crippen LogP contribution is -2.25. The molecule has 0 bridgehead atoms. The molecule has 0 aromatic carbocycles. The van der Waals surface area contributed by atoms with E-state index in [1.54, 1.807) is 4.90 Å². The first kappa shape index (κ1) is 11.6. The Bertz CT molecular complexity index is 637. The Morgan fingerprint density at radius 3 is 3.11 bits per heavy atom. The first-order valence-electron chi connectivity index (χ1n) is 5.48. The first-order chi connectivity index (χ1) is 8.70. The summed E-state index contributed by atoms with van der Waals surface area (Å²) >= 11 is 2.13. The van der Waals surface area contributed by atoms with Crippen molar-refractivity contribution in [2.45, 2.75) is 6.42 Å². The molecule has 0 radical (unpaired) electrons. The number of H-pyrrole nitrogens is 1. The van der Waals surface area contributed by atoms with Gasteiger partial charge in [0.05, 0.1) is 5.39 Å². The Morgan fingerprint density at radius 1 is 1.56 bits per heavy atom. The van der Waals surface area contributed by atoms with Gasteiger partial charge >= 0.3 is 0 Å². The van der Waals surface area contributed by atoms with Crippen molar-refractivity contribution in [1.29, 1.82) is 0 Å². The predicted molar refractivity (Wildman–Crippen MR) is 75.1 cm³/mol. The second kappa shape index (κ2) is 4.30. The summed E-state index contributed by atoms with van der Waals surface area (Å²) in [4.78, 5) is 22.0. The number of aromatic nitrogens is 4. The van der Waals surface area contributed by atoms with Crippen LogP contribution in [0.1, 0.15) is 6.42 Å². The predicted octanol–water partition coefficient (Wildman–Crippen LogP) is 1.50. The first-order valence-corrected chi connectivity index (χ1v) is 6.56. The van der Waals surface area contributed by atoms with Crippen LogP contribution in [0.4, 0.5) is 5.82 Å². The zero-order valence-electron chi connectivity index (χ0n) is 9.43. The fraction of sp³-hybridized carbons (Fsp3) is 0.273. The minimum Gasteiger partial charge on any atom is -0.295 e. The molecule has 18 heavy (non-hydrogen) atoms. The second-order valence-corrected chi connectivity index (χ2v) is 5.22. The molecule has 1 fully saturated rings. The Kier molecular flexibility index (Phi) is 2.77. The largest absolute Gasteiger partial charge is 0.295 e. The van der Waals surface area contributed by atoms with Gasteiger partial charge in [-0.05, 0) is 22.6 Å². The lowest BCUT2D eigenvalue weighted by molar-refractivity contribution is -0.117. The van der Waals surface area contributed by atoms with Crippen LogP contribution < -0.4 is 4.90 Å². The van der Waals surface area contributed by atoms with E-state index >= 15 is 0 Å². The molecule has 1 saturated heterocycles. The van der Waals surface area contributed by atoms with Crippen molar-refractivity contribution in [1.82, 2.24) is 20.2 Å². The number of anilines is 1. The molecule has 2 aromatic rings. The molecule has 1 aliphatic rings. The third kappa shape index (κ3) is 1.69. The van der Waals surface area contributed by atoms with Crippen molar-refractivity contribution in [3.63, 3.8) is 0 Å². The molecule has 7 heteroatoms. The summed E-state index contributed by atoms with van der Waals surface area (Å²) in [7, 11) is 0. The number of fused-ring (bicyclic) bond motifs is 1. The summed E-state index contributed by atoms with van der Waals surface area (Å²) in [6.45, 7) is 4.36. The van der Waals surface area contributed by atoms with Gasteiger partial charge in [-0.1, -0.05) is 6.08 Å². The molecule has 1 aliphatic heterocycles. The van der Waals surface area contributed by atoms with Crippen molar-refractivity contribution in [3.8, 4) is 0 Å². The minimum atomic E-state index is 0.0666. The molecule has 3 rings (SSSR count). The molecular weight excluding hydrogens is 345 g/mol. The molecule has 1 N–H and O–H groups in total. The fourth-order valence-electron chi connectivity index (χ4n) is 2.11. The maximum Gasteiger partial charge on any atom is 0.228 e. The maximum atomic E-state index is 12.0. The van der Waals surface area contributed by atoms with Crippen LogP contribution >= 0.6 is 22.6 Å². The summed E-state index contributed by atoms with van der Waals surface area (Å²) < 4.78 is 0.841. The number of aromatic amines is 1. The Balaban J connectivity index is 2.12. The maximum absolute atomic E-state index is 12.0. The van der Waals surface area contributed by atoms with E-state index in [0.717, 1.165) is 9.09 Å². The van der Waals surface area contributed by atoms with Crippen molar-refractivity contribution >= 4 is 45.3 Å². The van der Waals surface area contributed by atoms with Crippen LogP contribution in [0, 0.1) is 9.62 Å². The van der Waals surface area contributed by atoms with Crippen molar-refractivity contribution < 1.29 is 4.79 Å². The van der Waals surface area contributed by atoms with E-state index in [9.17, 15) is 4.79 Å². The highest BCUT2D eigenvalue weighted by Gasteiger charge is 2.31. The topological polar surface area (TPSA) is 74.8 Å². The van der Waals surface area contributed by atoms with Crippen LogP contribution in [0.15, 0.2) is 19.0 Å². The minimum absolute atomic E-state index is 0.0666. The molecule has 6 nitrogen and oxygen atoms in total. The van der Waals surface area contributed by atoms with Gasteiger partial charge in [-0.15, -0.1) is 6.58 Å². The second-order valence-electron chi connectivity index (χ2n) is 4.14. The Labute approximate surface area is 117 Å². The van der Waals surface area contributed by atoms with E-state index in [4.69, 9.17) is 0 Å². The smallest absolute Gasteiger partial charge is 0.228 e. The van der Waals surface area contributed by atoms with Crippen LogP contribution in [-0.4, -0.2) is 32.6 Å². The van der Waals surface area contributed by atoms with Gasteiger partial charge in [0.2, 0.25) is 5.91 Å². The van der Waals surface area contributed by atoms with Gasteiger partial charge in [0.25, 0.3) is 0 Å². The van der Waals surface area contributed by atoms with E-state index in [1.807, 2.05) is 6.08 Å². The molecule has 1 atom stereocenters. The van der Waals surface area contributed by atoms with Crippen LogP contribution in [0.2, 0.25) is 0 Å². The SMILES string of the molecule is C=CC1CC(=O)N(c2ncnc3n[nH]c(I)c23)C1. The standard InChI is InChI=1S/C11H10IN5O/c1-2-6-3-7(18)17(4-6)11-8-9(12)15-16-10(8)13-5-14-11/h2,5-6H,1,3-4H2,(H,13,14,15,16). The average Bonchev–Trinajstić information content (AvgIpc) is 2.93. The molecule has 0 saturated carbocycles. The number of nitrogens with zero attached hydrogens (tertiary/aromatic N) is 4. The normalized spacial score (nSPS) is 19.7. The van der Waals surface area contributed by atoms with E-state index in [2.05, 4.69) is 49.3 Å². The van der Waals surface area contributed by atoms with Crippen molar-refractivity contribution in [2.75, 3.05) is 11.4 Å². The molecular formula is C11H10IN5O. The van der Waals surface area contributed by atoms with Crippen molar-refractivity contribution in [2.24, 2.45) is 5.92 Å². The summed E-state index contributed by atoms with van der Waals surface area (Å²) in [6, 6.07) is 0. The van der Waals surface area contributed by atoms with E-state index in [-0.39, 0.29) is 11.8 Å². The summed E-state index contributed by atoms with van der Waals surface area (Å²) in [5, 5.41) is 7.73. The molecule has 1 unspecified atom stereocenters.